The molecule has 0 saturated heterocycles. The lowest BCUT2D eigenvalue weighted by Crippen LogP contribution is -2.16. The van der Waals surface area contributed by atoms with Crippen molar-refractivity contribution in [3.8, 4) is 11.5 Å². The van der Waals surface area contributed by atoms with E-state index in [0.29, 0.717) is 11.6 Å². The van der Waals surface area contributed by atoms with E-state index in [1.807, 2.05) is 13.8 Å². The zero-order chi connectivity index (χ0) is 17.0. The smallest absolute Gasteiger partial charge is 0.226 e. The molecule has 0 spiro atoms. The molecular weight excluding hydrogens is 316 g/mol. The molecule has 0 aliphatic carbocycles. The summed E-state index contributed by atoms with van der Waals surface area (Å²) in [5.41, 5.74) is 1.41. The molecule has 23 heavy (non-hydrogen) atoms. The number of sulfone groups is 1. The zero-order valence-electron chi connectivity index (χ0n) is 13.4. The van der Waals surface area contributed by atoms with Gasteiger partial charge in [-0.1, -0.05) is 13.8 Å². The summed E-state index contributed by atoms with van der Waals surface area (Å²) in [4.78, 5) is 15.9. The molecule has 1 N–H and O–H groups in total. The minimum absolute atomic E-state index is 0.0575. The van der Waals surface area contributed by atoms with Gasteiger partial charge < -0.3 is 9.73 Å². The lowest BCUT2D eigenvalue weighted by atomic mass is 10.2. The Morgan fingerprint density at radius 2 is 1.91 bits per heavy atom. The molecule has 0 aliphatic rings. The average molecular weight is 336 g/mol. The molecule has 1 amide bonds. The first-order valence-corrected chi connectivity index (χ1v) is 9.34. The van der Waals surface area contributed by atoms with E-state index < -0.39 is 9.84 Å². The van der Waals surface area contributed by atoms with Gasteiger partial charge in [-0.3, -0.25) is 4.79 Å². The van der Waals surface area contributed by atoms with Gasteiger partial charge in [0, 0.05) is 29.8 Å². The standard InChI is InChI=1S/C16H20N2O4S/c1-11(2)14-10-17-16(22-14)12-4-6-13(7-5-12)18-15(19)8-9-23(3,20)21/h4-7,10-11H,8-9H2,1-3H3,(H,18,19). The van der Waals surface area contributed by atoms with E-state index >= 15 is 0 Å². The van der Waals surface area contributed by atoms with Crippen LogP contribution in [0.5, 0.6) is 0 Å². The Balaban J connectivity index is 2.00. The van der Waals surface area contributed by atoms with Crippen molar-refractivity contribution in [2.75, 3.05) is 17.3 Å². The number of oxazole rings is 1. The number of anilines is 1. The fourth-order valence-electron chi connectivity index (χ4n) is 1.88. The third kappa shape index (κ3) is 5.21. The first-order valence-electron chi connectivity index (χ1n) is 7.28. The number of carbonyl (C=O) groups is 1. The number of nitrogens with zero attached hydrogens (tertiary/aromatic N) is 1. The third-order valence-electron chi connectivity index (χ3n) is 3.21. The molecule has 1 aromatic heterocycles. The minimum Gasteiger partial charge on any atom is -0.441 e. The van der Waals surface area contributed by atoms with Crippen LogP contribution in [0.3, 0.4) is 0 Å². The van der Waals surface area contributed by atoms with Gasteiger partial charge in [-0.05, 0) is 24.3 Å². The number of amides is 1. The Bertz CT molecular complexity index is 777. The predicted octanol–water partition coefficient (Wildman–Crippen LogP) is 2.84. The van der Waals surface area contributed by atoms with Crippen LogP contribution >= 0.6 is 0 Å². The van der Waals surface area contributed by atoms with Crippen LogP contribution in [0, 0.1) is 0 Å². The van der Waals surface area contributed by atoms with Gasteiger partial charge in [0.15, 0.2) is 0 Å². The molecular formula is C16H20N2O4S. The maximum absolute atomic E-state index is 11.7. The first-order chi connectivity index (χ1) is 10.7. The van der Waals surface area contributed by atoms with Crippen molar-refractivity contribution in [3.05, 3.63) is 36.2 Å². The molecule has 7 heteroatoms. The van der Waals surface area contributed by atoms with Crippen LogP contribution in [-0.2, 0) is 14.6 Å². The van der Waals surface area contributed by atoms with E-state index in [-0.39, 0.29) is 24.0 Å². The normalized spacial score (nSPS) is 11.7. The Morgan fingerprint density at radius 3 is 2.43 bits per heavy atom. The van der Waals surface area contributed by atoms with Crippen molar-refractivity contribution in [3.63, 3.8) is 0 Å². The number of nitrogens with one attached hydrogen (secondary N) is 1. The van der Waals surface area contributed by atoms with Gasteiger partial charge in [-0.2, -0.15) is 0 Å². The van der Waals surface area contributed by atoms with Gasteiger partial charge >= 0.3 is 0 Å². The molecule has 0 unspecified atom stereocenters. The van der Waals surface area contributed by atoms with Crippen molar-refractivity contribution in [1.29, 1.82) is 0 Å². The second-order valence-electron chi connectivity index (χ2n) is 5.73. The highest BCUT2D eigenvalue weighted by Crippen LogP contribution is 2.24. The summed E-state index contributed by atoms with van der Waals surface area (Å²) in [6.45, 7) is 4.05. The highest BCUT2D eigenvalue weighted by molar-refractivity contribution is 7.90. The summed E-state index contributed by atoms with van der Waals surface area (Å²) >= 11 is 0. The van der Waals surface area contributed by atoms with Crippen molar-refractivity contribution in [2.45, 2.75) is 26.2 Å². The highest BCUT2D eigenvalue weighted by atomic mass is 32.2. The molecule has 2 rings (SSSR count). The quantitative estimate of drug-likeness (QED) is 0.876. The summed E-state index contributed by atoms with van der Waals surface area (Å²) in [6.07, 6.45) is 2.76. The monoisotopic (exact) mass is 336 g/mol. The predicted molar refractivity (Wildman–Crippen MR) is 89.0 cm³/mol. The summed E-state index contributed by atoms with van der Waals surface area (Å²) in [7, 11) is -3.14. The second-order valence-corrected chi connectivity index (χ2v) is 7.99. The number of benzene rings is 1. The van der Waals surface area contributed by atoms with Gasteiger partial charge in [0.2, 0.25) is 11.8 Å². The van der Waals surface area contributed by atoms with Crippen LogP contribution in [0.15, 0.2) is 34.9 Å². The van der Waals surface area contributed by atoms with E-state index in [9.17, 15) is 13.2 Å². The van der Waals surface area contributed by atoms with E-state index in [1.54, 1.807) is 30.5 Å². The lowest BCUT2D eigenvalue weighted by Gasteiger charge is -2.05. The molecule has 1 heterocycles. The third-order valence-corrected chi connectivity index (χ3v) is 4.15. The number of hydrogen-bond acceptors (Lipinski definition) is 5. The van der Waals surface area contributed by atoms with Gasteiger partial charge in [-0.15, -0.1) is 0 Å². The molecule has 0 fully saturated rings. The molecule has 0 aliphatic heterocycles. The summed E-state index contributed by atoms with van der Waals surface area (Å²) in [6, 6.07) is 7.05. The Kier molecular flexibility index (Phi) is 5.20. The molecule has 1 aromatic carbocycles. The van der Waals surface area contributed by atoms with Crippen LogP contribution in [0.2, 0.25) is 0 Å². The lowest BCUT2D eigenvalue weighted by molar-refractivity contribution is -0.115. The van der Waals surface area contributed by atoms with Crippen LogP contribution < -0.4 is 5.32 Å². The van der Waals surface area contributed by atoms with Gasteiger partial charge in [0.05, 0.1) is 11.9 Å². The fourth-order valence-corrected chi connectivity index (χ4v) is 2.44. The maximum atomic E-state index is 11.7. The van der Waals surface area contributed by atoms with Crippen molar-refractivity contribution >= 4 is 21.4 Å². The summed E-state index contributed by atoms with van der Waals surface area (Å²) in [5.74, 6) is 1.12. The maximum Gasteiger partial charge on any atom is 0.226 e. The fraction of sp³-hybridized carbons (Fsp3) is 0.375. The topological polar surface area (TPSA) is 89.3 Å². The van der Waals surface area contributed by atoms with Gasteiger partial charge in [0.1, 0.15) is 15.6 Å². The Hall–Kier alpha value is -2.15. The SMILES string of the molecule is CC(C)c1cnc(-c2ccc(NC(=O)CCS(C)(=O)=O)cc2)o1. The second kappa shape index (κ2) is 6.95. The van der Waals surface area contributed by atoms with E-state index in [0.717, 1.165) is 17.6 Å². The summed E-state index contributed by atoms with van der Waals surface area (Å²) < 4.78 is 27.7. The van der Waals surface area contributed by atoms with Gasteiger partial charge in [-0.25, -0.2) is 13.4 Å². The van der Waals surface area contributed by atoms with Crippen LogP contribution in [-0.4, -0.2) is 31.3 Å². The number of hydrogen-bond donors (Lipinski definition) is 1. The van der Waals surface area contributed by atoms with E-state index in [1.165, 1.54) is 0 Å². The average Bonchev–Trinajstić information content (AvgIpc) is 2.95. The number of aromatic nitrogens is 1. The minimum atomic E-state index is -3.14. The van der Waals surface area contributed by atoms with E-state index in [2.05, 4.69) is 10.3 Å². The van der Waals surface area contributed by atoms with Crippen LogP contribution in [0.25, 0.3) is 11.5 Å². The van der Waals surface area contributed by atoms with Crippen LogP contribution in [0.4, 0.5) is 5.69 Å². The largest absolute Gasteiger partial charge is 0.441 e. The zero-order valence-corrected chi connectivity index (χ0v) is 14.2. The molecule has 124 valence electrons. The molecule has 2 aromatic rings. The van der Waals surface area contributed by atoms with Crippen molar-refractivity contribution in [1.82, 2.24) is 4.98 Å². The van der Waals surface area contributed by atoms with Gasteiger partial charge in [0.25, 0.3) is 0 Å². The molecule has 0 radical (unpaired) electrons. The molecule has 0 atom stereocenters. The summed E-state index contributed by atoms with van der Waals surface area (Å²) in [5, 5.41) is 2.66. The number of carbonyl (C=O) groups excluding carboxylic acids is 1. The van der Waals surface area contributed by atoms with E-state index in [4.69, 9.17) is 4.42 Å². The Labute approximate surface area is 135 Å². The highest BCUT2D eigenvalue weighted by Gasteiger charge is 2.11. The first kappa shape index (κ1) is 17.2. The Morgan fingerprint density at radius 1 is 1.26 bits per heavy atom. The number of rotatable bonds is 6. The molecule has 6 nitrogen and oxygen atoms in total. The molecule has 0 saturated carbocycles. The van der Waals surface area contributed by atoms with Crippen LogP contribution in [0.1, 0.15) is 31.9 Å². The molecule has 0 bridgehead atoms. The van der Waals surface area contributed by atoms with Crippen molar-refractivity contribution < 1.29 is 17.6 Å². The van der Waals surface area contributed by atoms with Crippen molar-refractivity contribution in [2.24, 2.45) is 0 Å².